The first-order valence-corrected chi connectivity index (χ1v) is 11.4. The summed E-state index contributed by atoms with van der Waals surface area (Å²) in [7, 11) is 0. The number of nitrogens with zero attached hydrogens (tertiary/aromatic N) is 4. The summed E-state index contributed by atoms with van der Waals surface area (Å²) >= 11 is 12.3. The molecule has 3 aromatic heterocycles. The van der Waals surface area contributed by atoms with E-state index in [0.29, 0.717) is 22.4 Å². The number of hydrogen-bond acceptors (Lipinski definition) is 7. The second-order valence-electron chi connectivity index (χ2n) is 8.70. The Morgan fingerprint density at radius 1 is 1.06 bits per heavy atom. The lowest BCUT2D eigenvalue weighted by molar-refractivity contribution is -0.194. The van der Waals surface area contributed by atoms with Crippen molar-refractivity contribution in [3.63, 3.8) is 0 Å². The molecule has 0 spiro atoms. The Bertz CT molecular complexity index is 1360. The molecule has 0 aliphatic carbocycles. The van der Waals surface area contributed by atoms with Crippen LogP contribution in [0.2, 0.25) is 10.2 Å². The number of fused-ring (bicyclic) bond motifs is 3. The molecule has 1 aromatic carbocycles. The third kappa shape index (κ3) is 3.72. The summed E-state index contributed by atoms with van der Waals surface area (Å²) in [4.78, 5) is 12.9. The van der Waals surface area contributed by atoms with Crippen molar-refractivity contribution in [3.05, 3.63) is 59.2 Å². The number of benzene rings is 1. The number of rotatable bonds is 4. The van der Waals surface area contributed by atoms with Gasteiger partial charge in [0, 0.05) is 30.0 Å². The highest BCUT2D eigenvalue weighted by atomic mass is 35.5. The number of halogens is 2. The number of ether oxygens (including phenoxy) is 3. The van der Waals surface area contributed by atoms with Gasteiger partial charge in [0.15, 0.2) is 12.0 Å². The van der Waals surface area contributed by atoms with Crippen LogP contribution in [-0.2, 0) is 14.2 Å². The molecule has 5 heterocycles. The van der Waals surface area contributed by atoms with E-state index in [0.717, 1.165) is 22.0 Å². The van der Waals surface area contributed by atoms with Crippen LogP contribution in [0.3, 0.4) is 0 Å². The van der Waals surface area contributed by atoms with E-state index >= 15 is 0 Å². The van der Waals surface area contributed by atoms with E-state index in [1.54, 1.807) is 6.20 Å². The summed E-state index contributed by atoms with van der Waals surface area (Å²) in [5.74, 6) is -0.711. The topological polar surface area (TPSA) is 83.3 Å². The lowest BCUT2D eigenvalue weighted by atomic mass is 10.1. The molecule has 10 heteroatoms. The van der Waals surface area contributed by atoms with E-state index in [1.807, 2.05) is 54.9 Å². The normalized spacial score (nSPS) is 26.2. The van der Waals surface area contributed by atoms with Gasteiger partial charge in [0.1, 0.15) is 35.4 Å². The number of nitrogens with one attached hydrogen (secondary N) is 1. The van der Waals surface area contributed by atoms with Crippen molar-refractivity contribution < 1.29 is 14.2 Å². The van der Waals surface area contributed by atoms with Crippen molar-refractivity contribution >= 4 is 50.8 Å². The van der Waals surface area contributed by atoms with Crippen LogP contribution < -0.4 is 5.32 Å². The first-order valence-electron chi connectivity index (χ1n) is 10.7. The summed E-state index contributed by atoms with van der Waals surface area (Å²) in [6.45, 7) is 4.37. The van der Waals surface area contributed by atoms with Gasteiger partial charge in [-0.3, -0.25) is 4.98 Å². The van der Waals surface area contributed by atoms with Crippen LogP contribution in [0.15, 0.2) is 49.1 Å². The standard InChI is InChI=1S/C23H21Cl2N5O3/c1-23(2)32-18-17(10-26-14-4-3-12-7-13(24)9-27-16(12)8-14)31-22(19(18)33-23)30-6-5-15-20(25)28-11-29-21(15)30/h3-9,11,17-19,22,26H,10H2,1-2H3/t17-,18-,19-,22-/m1/s1. The quantitative estimate of drug-likeness (QED) is 0.415. The van der Waals surface area contributed by atoms with Gasteiger partial charge in [-0.1, -0.05) is 29.3 Å². The minimum atomic E-state index is -0.711. The van der Waals surface area contributed by atoms with Gasteiger partial charge in [-0.2, -0.15) is 0 Å². The van der Waals surface area contributed by atoms with Gasteiger partial charge in [-0.15, -0.1) is 0 Å². The van der Waals surface area contributed by atoms with E-state index < -0.39 is 12.0 Å². The number of pyridine rings is 1. The highest BCUT2D eigenvalue weighted by Crippen LogP contribution is 2.44. The molecule has 6 rings (SSSR count). The van der Waals surface area contributed by atoms with Crippen LogP contribution in [-0.4, -0.2) is 50.2 Å². The number of hydrogen-bond donors (Lipinski definition) is 1. The van der Waals surface area contributed by atoms with Gasteiger partial charge in [0.2, 0.25) is 0 Å². The van der Waals surface area contributed by atoms with Crippen LogP contribution >= 0.6 is 23.2 Å². The van der Waals surface area contributed by atoms with Crippen molar-refractivity contribution in [2.75, 3.05) is 11.9 Å². The first-order chi connectivity index (χ1) is 15.9. The Morgan fingerprint density at radius 2 is 1.91 bits per heavy atom. The Labute approximate surface area is 199 Å². The fourth-order valence-electron chi connectivity index (χ4n) is 4.62. The van der Waals surface area contributed by atoms with E-state index in [-0.39, 0.29) is 18.3 Å². The molecular weight excluding hydrogens is 465 g/mol. The monoisotopic (exact) mass is 485 g/mol. The molecule has 0 radical (unpaired) electrons. The minimum Gasteiger partial charge on any atom is -0.382 e. The van der Waals surface area contributed by atoms with Crippen LogP contribution in [0, 0.1) is 0 Å². The van der Waals surface area contributed by atoms with E-state index in [9.17, 15) is 0 Å². The maximum absolute atomic E-state index is 6.45. The predicted octanol–water partition coefficient (Wildman–Crippen LogP) is 4.82. The molecule has 8 nitrogen and oxygen atoms in total. The maximum Gasteiger partial charge on any atom is 0.164 e. The van der Waals surface area contributed by atoms with Crippen LogP contribution in [0.5, 0.6) is 0 Å². The molecule has 2 saturated heterocycles. The lowest BCUT2D eigenvalue weighted by Crippen LogP contribution is -2.34. The fourth-order valence-corrected chi connectivity index (χ4v) is 4.97. The van der Waals surface area contributed by atoms with Crippen molar-refractivity contribution in [1.82, 2.24) is 19.5 Å². The number of anilines is 1. The Hall–Kier alpha value is -2.49. The third-order valence-electron chi connectivity index (χ3n) is 6.02. The molecule has 2 aliphatic heterocycles. The fraction of sp³-hybridized carbons (Fsp3) is 0.348. The average Bonchev–Trinajstić information content (AvgIpc) is 3.44. The van der Waals surface area contributed by atoms with E-state index in [4.69, 9.17) is 37.4 Å². The predicted molar refractivity (Wildman–Crippen MR) is 126 cm³/mol. The van der Waals surface area contributed by atoms with Gasteiger partial charge < -0.3 is 24.1 Å². The van der Waals surface area contributed by atoms with E-state index in [2.05, 4.69) is 20.3 Å². The maximum atomic E-state index is 6.45. The summed E-state index contributed by atoms with van der Waals surface area (Å²) in [6.07, 6.45) is 3.80. The highest BCUT2D eigenvalue weighted by Gasteiger charge is 2.55. The average molecular weight is 486 g/mol. The Kier molecular flexibility index (Phi) is 4.97. The van der Waals surface area contributed by atoms with E-state index in [1.165, 1.54) is 6.33 Å². The molecule has 2 aliphatic rings. The molecule has 2 fully saturated rings. The smallest absolute Gasteiger partial charge is 0.164 e. The van der Waals surface area contributed by atoms with Crippen molar-refractivity contribution in [1.29, 1.82) is 0 Å². The van der Waals surface area contributed by atoms with Crippen molar-refractivity contribution in [3.8, 4) is 0 Å². The summed E-state index contributed by atoms with van der Waals surface area (Å²) in [6, 6.07) is 9.76. The zero-order valence-corrected chi connectivity index (χ0v) is 19.4. The zero-order valence-electron chi connectivity index (χ0n) is 17.9. The second-order valence-corrected chi connectivity index (χ2v) is 9.49. The minimum absolute atomic E-state index is 0.245. The molecule has 33 heavy (non-hydrogen) atoms. The molecule has 1 N–H and O–H groups in total. The molecule has 4 atom stereocenters. The van der Waals surface area contributed by atoms with Gasteiger partial charge in [-0.25, -0.2) is 9.97 Å². The third-order valence-corrected chi connectivity index (χ3v) is 6.53. The molecular formula is C23H21Cl2N5O3. The second kappa shape index (κ2) is 7.78. The van der Waals surface area contributed by atoms with Crippen molar-refractivity contribution in [2.45, 2.75) is 44.2 Å². The highest BCUT2D eigenvalue weighted by molar-refractivity contribution is 6.33. The summed E-state index contributed by atoms with van der Waals surface area (Å²) in [5.41, 5.74) is 2.49. The van der Waals surface area contributed by atoms with Gasteiger partial charge in [-0.05, 0) is 38.1 Å². The molecule has 170 valence electrons. The Balaban J connectivity index is 1.27. The van der Waals surface area contributed by atoms with Crippen LogP contribution in [0.25, 0.3) is 21.9 Å². The van der Waals surface area contributed by atoms with Crippen LogP contribution in [0.1, 0.15) is 20.1 Å². The molecule has 0 unspecified atom stereocenters. The summed E-state index contributed by atoms with van der Waals surface area (Å²) in [5, 5.41) is 6.23. The van der Waals surface area contributed by atoms with Gasteiger partial charge in [0.25, 0.3) is 0 Å². The largest absolute Gasteiger partial charge is 0.382 e. The zero-order chi connectivity index (χ0) is 22.7. The van der Waals surface area contributed by atoms with Gasteiger partial charge in [0.05, 0.1) is 15.9 Å². The summed E-state index contributed by atoms with van der Waals surface area (Å²) < 4.78 is 20.9. The molecule has 0 saturated carbocycles. The number of aromatic nitrogens is 4. The molecule has 0 amide bonds. The SMILES string of the molecule is CC1(C)O[C@@H]2[C@H](O1)[C@@H](CNc1ccc3cc(Cl)cnc3c1)O[C@H]2n1ccc2c(Cl)ncnc21. The lowest BCUT2D eigenvalue weighted by Gasteiger charge is -2.25. The van der Waals surface area contributed by atoms with Crippen molar-refractivity contribution in [2.24, 2.45) is 0 Å². The first kappa shape index (κ1) is 21.1. The Morgan fingerprint density at radius 3 is 2.79 bits per heavy atom. The van der Waals surface area contributed by atoms with Crippen LogP contribution in [0.4, 0.5) is 5.69 Å². The molecule has 0 bridgehead atoms. The molecule has 4 aromatic rings. The van der Waals surface area contributed by atoms with Gasteiger partial charge >= 0.3 is 0 Å².